The summed E-state index contributed by atoms with van der Waals surface area (Å²) >= 11 is 0. The number of benzene rings is 1. The Morgan fingerprint density at radius 1 is 1.20 bits per heavy atom. The van der Waals surface area contributed by atoms with E-state index in [0.29, 0.717) is 6.04 Å². The van der Waals surface area contributed by atoms with Crippen molar-refractivity contribution in [1.29, 1.82) is 0 Å². The Morgan fingerprint density at radius 3 is 2.70 bits per heavy atom. The highest BCUT2D eigenvalue weighted by Gasteiger charge is 2.19. The number of nitrogens with one attached hydrogen (secondary N) is 2. The zero-order chi connectivity index (χ0) is 14.1. The molecule has 1 fully saturated rings. The van der Waals surface area contributed by atoms with E-state index in [1.54, 1.807) is 0 Å². The average molecular weight is 270 g/mol. The number of aromatic nitrogens is 1. The van der Waals surface area contributed by atoms with Gasteiger partial charge in [0, 0.05) is 23.1 Å². The molecule has 1 heterocycles. The van der Waals surface area contributed by atoms with Gasteiger partial charge in [0.05, 0.1) is 5.56 Å². The van der Waals surface area contributed by atoms with Gasteiger partial charge >= 0.3 is 0 Å². The molecule has 0 radical (unpaired) electrons. The summed E-state index contributed by atoms with van der Waals surface area (Å²) in [6, 6.07) is 4.58. The van der Waals surface area contributed by atoms with Crippen molar-refractivity contribution < 1.29 is 4.79 Å². The number of amides is 1. The van der Waals surface area contributed by atoms with Gasteiger partial charge in [-0.2, -0.15) is 0 Å². The van der Waals surface area contributed by atoms with Crippen LogP contribution in [0.25, 0.3) is 10.9 Å². The topological polar surface area (TPSA) is 44.9 Å². The zero-order valence-corrected chi connectivity index (χ0v) is 12.3. The molecule has 0 unspecified atom stereocenters. The fourth-order valence-electron chi connectivity index (χ4n) is 3.35. The van der Waals surface area contributed by atoms with E-state index in [0.717, 1.165) is 34.9 Å². The molecule has 0 atom stereocenters. The van der Waals surface area contributed by atoms with Crippen LogP contribution >= 0.6 is 0 Å². The minimum absolute atomic E-state index is 0.0649. The van der Waals surface area contributed by atoms with E-state index in [9.17, 15) is 4.79 Å². The summed E-state index contributed by atoms with van der Waals surface area (Å²) in [7, 11) is 0. The molecule has 1 aliphatic carbocycles. The minimum atomic E-state index is 0.0649. The number of fused-ring (bicyclic) bond motifs is 1. The van der Waals surface area contributed by atoms with Crippen LogP contribution in [-0.4, -0.2) is 16.9 Å². The van der Waals surface area contributed by atoms with Gasteiger partial charge in [0.1, 0.15) is 0 Å². The number of hydrogen-bond donors (Lipinski definition) is 2. The first-order valence-corrected chi connectivity index (χ1v) is 7.54. The lowest BCUT2D eigenvalue weighted by atomic mass is 9.95. The molecule has 0 bridgehead atoms. The van der Waals surface area contributed by atoms with Crippen LogP contribution in [0.2, 0.25) is 0 Å². The van der Waals surface area contributed by atoms with Crippen molar-refractivity contribution >= 4 is 16.8 Å². The van der Waals surface area contributed by atoms with E-state index < -0.39 is 0 Å². The molecule has 1 saturated carbocycles. The summed E-state index contributed by atoms with van der Waals surface area (Å²) in [5, 5.41) is 4.26. The van der Waals surface area contributed by atoms with Crippen molar-refractivity contribution in [3.8, 4) is 0 Å². The van der Waals surface area contributed by atoms with Crippen molar-refractivity contribution in [1.82, 2.24) is 10.3 Å². The first kappa shape index (κ1) is 13.2. The van der Waals surface area contributed by atoms with Crippen molar-refractivity contribution in [2.24, 2.45) is 0 Å². The van der Waals surface area contributed by atoms with Crippen molar-refractivity contribution in [3.05, 3.63) is 35.0 Å². The smallest absolute Gasteiger partial charge is 0.253 e. The summed E-state index contributed by atoms with van der Waals surface area (Å²) < 4.78 is 0. The molecule has 1 amide bonds. The maximum absolute atomic E-state index is 12.5. The Hall–Kier alpha value is -1.77. The van der Waals surface area contributed by atoms with Gasteiger partial charge in [-0.05, 0) is 43.9 Å². The third kappa shape index (κ3) is 2.45. The molecule has 1 aliphatic rings. The summed E-state index contributed by atoms with van der Waals surface area (Å²) in [5.74, 6) is 0.0649. The van der Waals surface area contributed by atoms with Crippen LogP contribution in [0.1, 0.15) is 53.6 Å². The van der Waals surface area contributed by atoms with Gasteiger partial charge in [0.15, 0.2) is 0 Å². The Bertz CT molecular complexity index is 636. The van der Waals surface area contributed by atoms with Gasteiger partial charge in [-0.15, -0.1) is 0 Å². The third-order valence-corrected chi connectivity index (χ3v) is 4.31. The molecule has 1 aromatic heterocycles. The van der Waals surface area contributed by atoms with Gasteiger partial charge < -0.3 is 10.3 Å². The lowest BCUT2D eigenvalue weighted by Gasteiger charge is -2.22. The van der Waals surface area contributed by atoms with Crippen LogP contribution in [0.5, 0.6) is 0 Å². The van der Waals surface area contributed by atoms with E-state index in [-0.39, 0.29) is 5.91 Å². The van der Waals surface area contributed by atoms with Crippen molar-refractivity contribution in [3.63, 3.8) is 0 Å². The van der Waals surface area contributed by atoms with E-state index in [1.165, 1.54) is 24.8 Å². The quantitative estimate of drug-likeness (QED) is 0.855. The second-order valence-electron chi connectivity index (χ2n) is 6.02. The molecule has 0 aliphatic heterocycles. The monoisotopic (exact) mass is 270 g/mol. The second-order valence-corrected chi connectivity index (χ2v) is 6.02. The number of carbonyl (C=O) groups excluding carboxylic acids is 1. The number of aryl methyl sites for hydroxylation is 2. The molecule has 0 saturated heterocycles. The van der Waals surface area contributed by atoms with E-state index in [2.05, 4.69) is 36.3 Å². The lowest BCUT2D eigenvalue weighted by Crippen LogP contribution is -2.36. The summed E-state index contributed by atoms with van der Waals surface area (Å²) in [5.41, 5.74) is 4.21. The standard InChI is InChI=1S/C17H22N2O/c1-11-8-12(2)16-14(10-18-15(16)9-11)17(20)19-13-6-4-3-5-7-13/h8-10,13,18H,3-7H2,1-2H3,(H,19,20). The van der Waals surface area contributed by atoms with Gasteiger partial charge in [-0.3, -0.25) is 4.79 Å². The lowest BCUT2D eigenvalue weighted by molar-refractivity contribution is 0.0929. The molecule has 3 heteroatoms. The normalized spacial score (nSPS) is 16.5. The molecular weight excluding hydrogens is 248 g/mol. The van der Waals surface area contributed by atoms with Crippen LogP contribution < -0.4 is 5.32 Å². The van der Waals surface area contributed by atoms with Crippen LogP contribution in [0.4, 0.5) is 0 Å². The number of carbonyl (C=O) groups is 1. The number of hydrogen-bond acceptors (Lipinski definition) is 1. The first-order chi connectivity index (χ1) is 9.65. The molecule has 2 N–H and O–H groups in total. The minimum Gasteiger partial charge on any atom is -0.360 e. The summed E-state index contributed by atoms with van der Waals surface area (Å²) in [6.45, 7) is 4.15. The highest BCUT2D eigenvalue weighted by molar-refractivity contribution is 6.08. The van der Waals surface area contributed by atoms with Gasteiger partial charge in [0.2, 0.25) is 0 Å². The average Bonchev–Trinajstić information content (AvgIpc) is 2.84. The Balaban J connectivity index is 1.88. The van der Waals surface area contributed by atoms with Crippen LogP contribution in [0.15, 0.2) is 18.3 Å². The molecule has 1 aromatic carbocycles. The summed E-state index contributed by atoms with van der Waals surface area (Å²) in [4.78, 5) is 15.7. The van der Waals surface area contributed by atoms with Crippen molar-refractivity contribution in [2.75, 3.05) is 0 Å². The fraction of sp³-hybridized carbons (Fsp3) is 0.471. The molecule has 2 aromatic rings. The SMILES string of the molecule is Cc1cc(C)c2c(C(=O)NC3CCCCC3)c[nH]c2c1. The van der Waals surface area contributed by atoms with E-state index in [1.807, 2.05) is 6.20 Å². The largest absolute Gasteiger partial charge is 0.360 e. The maximum Gasteiger partial charge on any atom is 0.253 e. The van der Waals surface area contributed by atoms with Crippen LogP contribution in [-0.2, 0) is 0 Å². The predicted octanol–water partition coefficient (Wildman–Crippen LogP) is 3.85. The van der Waals surface area contributed by atoms with Crippen LogP contribution in [0, 0.1) is 13.8 Å². The zero-order valence-electron chi connectivity index (χ0n) is 12.3. The van der Waals surface area contributed by atoms with E-state index >= 15 is 0 Å². The highest BCUT2D eigenvalue weighted by Crippen LogP contribution is 2.25. The van der Waals surface area contributed by atoms with Crippen LogP contribution in [0.3, 0.4) is 0 Å². The molecule has 0 spiro atoms. The number of rotatable bonds is 2. The summed E-state index contributed by atoms with van der Waals surface area (Å²) in [6.07, 6.45) is 7.85. The molecule has 3 rings (SSSR count). The molecular formula is C17H22N2O. The van der Waals surface area contributed by atoms with Gasteiger partial charge in [-0.25, -0.2) is 0 Å². The molecule has 20 heavy (non-hydrogen) atoms. The third-order valence-electron chi connectivity index (χ3n) is 4.31. The van der Waals surface area contributed by atoms with Gasteiger partial charge in [-0.1, -0.05) is 25.3 Å². The second kappa shape index (κ2) is 5.31. The Labute approximate surface area is 119 Å². The molecule has 3 nitrogen and oxygen atoms in total. The predicted molar refractivity (Wildman–Crippen MR) is 82.1 cm³/mol. The molecule has 106 valence electrons. The van der Waals surface area contributed by atoms with E-state index in [4.69, 9.17) is 0 Å². The van der Waals surface area contributed by atoms with Gasteiger partial charge in [0.25, 0.3) is 5.91 Å². The highest BCUT2D eigenvalue weighted by atomic mass is 16.1. The first-order valence-electron chi connectivity index (χ1n) is 7.54. The maximum atomic E-state index is 12.5. The van der Waals surface area contributed by atoms with Crippen molar-refractivity contribution in [2.45, 2.75) is 52.0 Å². The number of H-pyrrole nitrogens is 1. The Kier molecular flexibility index (Phi) is 3.51. The number of aromatic amines is 1. The Morgan fingerprint density at radius 2 is 1.95 bits per heavy atom. The fourth-order valence-corrected chi connectivity index (χ4v) is 3.35.